The van der Waals surface area contributed by atoms with E-state index in [1.807, 2.05) is 54.6 Å². The molecule has 406 valence electrons. The van der Waals surface area contributed by atoms with Crippen LogP contribution in [0.1, 0.15) is 67.4 Å². The Morgan fingerprint density at radius 1 is 0.603 bits per heavy atom. The summed E-state index contributed by atoms with van der Waals surface area (Å²) in [6, 6.07) is 39.1. The van der Waals surface area contributed by atoms with Crippen LogP contribution in [0.25, 0.3) is 0 Å². The predicted octanol–water partition coefficient (Wildman–Crippen LogP) is 5.12. The molecule has 0 aliphatic carbocycles. The Morgan fingerprint density at radius 2 is 1.06 bits per heavy atom. The SMILES string of the molecule is COc1ccc(C(OC[C@H]2O[C@@H](n3cc(C)c(=O)n(C(=O)c4ccccc4)c3=O)C[C@@H]2OP(=O)(OC)OC[C@H]2O[C@@H](n3cc(C)c(=O)n(C(=O)c4ccccc4)c3=O)[C@H](O)[C@@H]2O)(c2ccccc2)c2ccc(OC)cc2)cc1. The van der Waals surface area contributed by atoms with Crippen molar-refractivity contribution in [3.63, 3.8) is 0 Å². The molecule has 21 nitrogen and oxygen atoms in total. The summed E-state index contributed by atoms with van der Waals surface area (Å²) >= 11 is 0. The number of phosphoric acid groups is 1. The predicted molar refractivity (Wildman–Crippen MR) is 280 cm³/mol. The van der Waals surface area contributed by atoms with Crippen LogP contribution in [0.2, 0.25) is 0 Å². The molecule has 2 aliphatic heterocycles. The second-order valence-electron chi connectivity index (χ2n) is 18.4. The Bertz CT molecular complexity index is 3540. The topological polar surface area (TPSA) is 254 Å². The highest BCUT2D eigenvalue weighted by molar-refractivity contribution is 7.48. The largest absolute Gasteiger partial charge is 0.497 e. The molecule has 2 saturated heterocycles. The quantitative estimate of drug-likeness (QED) is 0.0836. The number of carbonyl (C=O) groups excluding carboxylic acids is 2. The molecule has 2 aromatic heterocycles. The number of benzene rings is 5. The van der Waals surface area contributed by atoms with Crippen molar-refractivity contribution in [2.75, 3.05) is 34.5 Å². The Labute approximate surface area is 445 Å². The van der Waals surface area contributed by atoms with Gasteiger partial charge in [-0.2, -0.15) is 9.13 Å². The molecule has 8 atom stereocenters. The van der Waals surface area contributed by atoms with Crippen LogP contribution < -0.4 is 32.0 Å². The van der Waals surface area contributed by atoms with Gasteiger partial charge in [-0.05, 0) is 79.1 Å². The number of nitrogens with zero attached hydrogens (tertiary/aromatic N) is 4. The van der Waals surface area contributed by atoms with Crippen molar-refractivity contribution in [2.24, 2.45) is 0 Å². The van der Waals surface area contributed by atoms with Gasteiger partial charge in [-0.1, -0.05) is 91.0 Å². The summed E-state index contributed by atoms with van der Waals surface area (Å²) in [5, 5.41) is 22.6. The van der Waals surface area contributed by atoms with Crippen molar-refractivity contribution in [1.29, 1.82) is 0 Å². The van der Waals surface area contributed by atoms with Crippen LogP contribution >= 0.6 is 7.82 Å². The van der Waals surface area contributed by atoms with E-state index in [2.05, 4.69) is 0 Å². The van der Waals surface area contributed by atoms with Crippen molar-refractivity contribution in [2.45, 2.75) is 68.8 Å². The maximum absolute atomic E-state index is 14.8. The highest BCUT2D eigenvalue weighted by Gasteiger charge is 2.49. The van der Waals surface area contributed by atoms with Gasteiger partial charge >= 0.3 is 19.2 Å². The van der Waals surface area contributed by atoms with Gasteiger partial charge < -0.3 is 33.9 Å². The fourth-order valence-corrected chi connectivity index (χ4v) is 10.7. The van der Waals surface area contributed by atoms with Gasteiger partial charge in [0.15, 0.2) is 6.23 Å². The molecule has 0 saturated carbocycles. The molecule has 78 heavy (non-hydrogen) atoms. The Morgan fingerprint density at radius 3 is 1.55 bits per heavy atom. The number of aliphatic hydroxyl groups excluding tert-OH is 2. The van der Waals surface area contributed by atoms with Gasteiger partial charge in [0.25, 0.3) is 22.9 Å². The van der Waals surface area contributed by atoms with Crippen molar-refractivity contribution in [3.8, 4) is 11.5 Å². The molecule has 0 bridgehead atoms. The zero-order valence-corrected chi connectivity index (χ0v) is 43.7. The van der Waals surface area contributed by atoms with Gasteiger partial charge in [-0.25, -0.2) is 14.2 Å². The zero-order chi connectivity index (χ0) is 55.5. The van der Waals surface area contributed by atoms with Gasteiger partial charge in [0.1, 0.15) is 53.8 Å². The van der Waals surface area contributed by atoms with E-state index in [1.54, 1.807) is 74.9 Å². The lowest BCUT2D eigenvalue weighted by atomic mass is 9.80. The summed E-state index contributed by atoms with van der Waals surface area (Å²) < 4.78 is 65.8. The van der Waals surface area contributed by atoms with Crippen LogP contribution in [-0.4, -0.2) is 105 Å². The maximum atomic E-state index is 14.8. The van der Waals surface area contributed by atoms with E-state index in [-0.39, 0.29) is 35.3 Å². The number of hydrogen-bond donors (Lipinski definition) is 2. The summed E-state index contributed by atoms with van der Waals surface area (Å²) in [7, 11) is -0.700. The van der Waals surface area contributed by atoms with Crippen LogP contribution in [0.4, 0.5) is 0 Å². The molecule has 22 heteroatoms. The van der Waals surface area contributed by atoms with Crippen LogP contribution in [0, 0.1) is 13.8 Å². The normalized spacial score (nSPS) is 21.0. The lowest BCUT2D eigenvalue weighted by Gasteiger charge is -2.37. The molecule has 0 amide bonds. The van der Waals surface area contributed by atoms with E-state index in [9.17, 15) is 43.5 Å². The van der Waals surface area contributed by atoms with Gasteiger partial charge in [0.05, 0.1) is 27.4 Å². The molecule has 0 spiro atoms. The highest BCUT2D eigenvalue weighted by Crippen LogP contribution is 2.53. The second-order valence-corrected chi connectivity index (χ2v) is 20.2. The number of aliphatic hydroxyl groups is 2. The Kier molecular flexibility index (Phi) is 16.3. The van der Waals surface area contributed by atoms with Gasteiger partial charge in [-0.15, -0.1) is 0 Å². The van der Waals surface area contributed by atoms with E-state index in [4.69, 9.17) is 37.3 Å². The minimum Gasteiger partial charge on any atom is -0.497 e. The number of ether oxygens (including phenoxy) is 5. The first-order valence-electron chi connectivity index (χ1n) is 24.6. The third-order valence-electron chi connectivity index (χ3n) is 13.6. The monoisotopic (exact) mass is 1090 g/mol. The first-order chi connectivity index (χ1) is 37.5. The van der Waals surface area contributed by atoms with Crippen LogP contribution in [-0.2, 0) is 37.9 Å². The van der Waals surface area contributed by atoms with Crippen LogP contribution in [0.5, 0.6) is 11.5 Å². The molecule has 9 rings (SSSR count). The lowest BCUT2D eigenvalue weighted by molar-refractivity contribution is -0.0958. The summed E-state index contributed by atoms with van der Waals surface area (Å²) in [6.07, 6.45) is -8.69. The van der Waals surface area contributed by atoms with Crippen molar-refractivity contribution in [1.82, 2.24) is 18.3 Å². The van der Waals surface area contributed by atoms with Crippen molar-refractivity contribution >= 4 is 19.6 Å². The number of aryl methyl sites for hydroxylation is 2. The molecular formula is C56H55N4O17P. The highest BCUT2D eigenvalue weighted by atomic mass is 31.2. The number of rotatable bonds is 18. The zero-order valence-electron chi connectivity index (χ0n) is 42.9. The number of hydrogen-bond acceptors (Lipinski definition) is 17. The lowest BCUT2D eigenvalue weighted by Crippen LogP contribution is -2.47. The number of phosphoric ester groups is 1. The third kappa shape index (κ3) is 10.7. The average molecular weight is 1090 g/mol. The summed E-state index contributed by atoms with van der Waals surface area (Å²) in [4.78, 5) is 82.2. The molecule has 5 aromatic carbocycles. The van der Waals surface area contributed by atoms with Crippen LogP contribution in [0.15, 0.2) is 171 Å². The van der Waals surface area contributed by atoms with E-state index in [0.29, 0.717) is 37.3 Å². The fraction of sp³-hybridized carbons (Fsp3) is 0.286. The third-order valence-corrected chi connectivity index (χ3v) is 15.1. The molecule has 4 heterocycles. The molecule has 2 N–H and O–H groups in total. The van der Waals surface area contributed by atoms with E-state index >= 15 is 0 Å². The maximum Gasteiger partial charge on any atom is 0.474 e. The first kappa shape index (κ1) is 55.1. The Hall–Kier alpha value is -7.69. The van der Waals surface area contributed by atoms with E-state index in [0.717, 1.165) is 22.4 Å². The minimum atomic E-state index is -4.82. The van der Waals surface area contributed by atoms with Crippen LogP contribution in [0.3, 0.4) is 0 Å². The second kappa shape index (κ2) is 23.1. The fourth-order valence-electron chi connectivity index (χ4n) is 9.53. The summed E-state index contributed by atoms with van der Waals surface area (Å²) in [5.41, 5.74) is -3.39. The molecule has 2 fully saturated rings. The van der Waals surface area contributed by atoms with Crippen molar-refractivity contribution in [3.05, 3.63) is 233 Å². The molecule has 2 aliphatic rings. The van der Waals surface area contributed by atoms with Gasteiger partial charge in [-0.3, -0.25) is 41.9 Å². The van der Waals surface area contributed by atoms with E-state index in [1.165, 1.54) is 44.3 Å². The van der Waals surface area contributed by atoms with Gasteiger partial charge in [0, 0.05) is 48.2 Å². The van der Waals surface area contributed by atoms with E-state index < -0.39 is 97.3 Å². The number of methoxy groups -OCH3 is 2. The molecule has 7 aromatic rings. The minimum absolute atomic E-state index is 0.0160. The smallest absolute Gasteiger partial charge is 0.474 e. The first-order valence-corrected chi connectivity index (χ1v) is 26.0. The number of carbonyl (C=O) groups is 2. The molecular weight excluding hydrogens is 1030 g/mol. The summed E-state index contributed by atoms with van der Waals surface area (Å²) in [5.74, 6) is -0.686. The Balaban J connectivity index is 1.05. The summed E-state index contributed by atoms with van der Waals surface area (Å²) in [6.45, 7) is 1.63. The standard InChI is InChI=1S/C56H55N4O17P/c1-34-30-57(54(67)59(49(34)63)51(65)36-15-9-6-10-16-36)46-29-43(44(75-46)32-73-56(38-19-13-8-14-20-38,39-21-25-41(70-3)26-22-39)40-23-27-42(71-4)28-24-40)77-78(69,72-5)74-33-45-47(61)48(62)53(76-45)58-31-35(2)50(64)60(55(58)68)52(66)37-17-11-7-12-18-37/h6-28,30-31,43-48,53,61-62H,29,32-33H2,1-5H3/t43-,44+,45+,46+,47+,48+,53+,78?/m0/s1. The average Bonchev–Trinajstić information content (AvgIpc) is 4.15. The number of aromatic nitrogens is 4. The molecule has 0 radical (unpaired) electrons. The van der Waals surface area contributed by atoms with Crippen molar-refractivity contribution < 1.29 is 61.6 Å². The molecule has 1 unspecified atom stereocenters. The van der Waals surface area contributed by atoms with Gasteiger partial charge in [0.2, 0.25) is 0 Å².